The molecule has 0 fully saturated rings. The third kappa shape index (κ3) is 2.95. The van der Waals surface area contributed by atoms with E-state index in [4.69, 9.17) is 8.83 Å². The van der Waals surface area contributed by atoms with Gasteiger partial charge in [-0.3, -0.25) is 4.21 Å². The van der Waals surface area contributed by atoms with E-state index in [0.717, 1.165) is 0 Å². The molecule has 0 spiro atoms. The summed E-state index contributed by atoms with van der Waals surface area (Å²) >= 11 is 0. The van der Waals surface area contributed by atoms with Gasteiger partial charge in [0, 0.05) is 5.56 Å². The van der Waals surface area contributed by atoms with Gasteiger partial charge in [-0.25, -0.2) is 9.37 Å². The quantitative estimate of drug-likeness (QED) is 0.737. The molecule has 0 saturated heterocycles. The molecule has 0 unspecified atom stereocenters. The second kappa shape index (κ2) is 5.65. The van der Waals surface area contributed by atoms with Crippen molar-refractivity contribution < 1.29 is 17.4 Å². The van der Waals surface area contributed by atoms with Crippen LogP contribution in [0.15, 0.2) is 56.6 Å². The van der Waals surface area contributed by atoms with Crippen molar-refractivity contribution in [2.45, 2.75) is 17.6 Å². The number of furan rings is 1. The Labute approximate surface area is 123 Å². The van der Waals surface area contributed by atoms with Gasteiger partial charge in [0.1, 0.15) is 17.8 Å². The lowest BCUT2D eigenvalue weighted by molar-refractivity contribution is 0.525. The largest absolute Gasteiger partial charge is 0.468 e. The van der Waals surface area contributed by atoms with Crippen LogP contribution in [0.1, 0.15) is 11.5 Å². The van der Waals surface area contributed by atoms with Crippen molar-refractivity contribution in [1.82, 2.24) is 4.98 Å². The number of oxazole rings is 1. The molecule has 0 saturated carbocycles. The maximum atomic E-state index is 12.9. The van der Waals surface area contributed by atoms with Crippen molar-refractivity contribution in [3.8, 4) is 11.5 Å². The molecule has 0 aliphatic carbocycles. The van der Waals surface area contributed by atoms with Gasteiger partial charge in [-0.1, -0.05) is 0 Å². The van der Waals surface area contributed by atoms with Gasteiger partial charge in [0.25, 0.3) is 0 Å². The van der Waals surface area contributed by atoms with Crippen LogP contribution in [-0.2, 0) is 16.6 Å². The molecule has 21 heavy (non-hydrogen) atoms. The van der Waals surface area contributed by atoms with Gasteiger partial charge >= 0.3 is 0 Å². The zero-order valence-electron chi connectivity index (χ0n) is 11.2. The second-order valence-corrected chi connectivity index (χ2v) is 5.90. The Morgan fingerprint density at radius 3 is 2.62 bits per heavy atom. The summed E-state index contributed by atoms with van der Waals surface area (Å²) in [5.41, 5.74) is 1.25. The normalized spacial score (nSPS) is 12.5. The molecular formula is C15H12FNO3S. The van der Waals surface area contributed by atoms with Crippen LogP contribution in [0, 0.1) is 12.7 Å². The molecular weight excluding hydrogens is 293 g/mol. The standard InChI is InChI=1S/C15H12FNO3S/c1-10-14(6-7-19-10)21(18)9-13-8-20-15(17-13)11-2-4-12(16)5-3-11/h2-8H,9H2,1H3/t21-/m0/s1. The first kappa shape index (κ1) is 13.8. The lowest BCUT2D eigenvalue weighted by Gasteiger charge is -1.97. The van der Waals surface area contributed by atoms with Crippen LogP contribution in [-0.4, -0.2) is 9.19 Å². The third-order valence-electron chi connectivity index (χ3n) is 2.98. The minimum absolute atomic E-state index is 0.241. The van der Waals surface area contributed by atoms with E-state index in [9.17, 15) is 8.60 Å². The van der Waals surface area contributed by atoms with E-state index in [1.165, 1.54) is 24.7 Å². The topological polar surface area (TPSA) is 56.2 Å². The molecule has 0 amide bonds. The monoisotopic (exact) mass is 305 g/mol. The molecule has 4 nitrogen and oxygen atoms in total. The number of rotatable bonds is 4. The summed E-state index contributed by atoms with van der Waals surface area (Å²) in [6, 6.07) is 7.54. The first-order valence-corrected chi connectivity index (χ1v) is 7.58. The fourth-order valence-corrected chi connectivity index (χ4v) is 3.05. The number of nitrogens with zero attached hydrogens (tertiary/aromatic N) is 1. The van der Waals surface area contributed by atoms with Crippen LogP contribution < -0.4 is 0 Å². The molecule has 1 aromatic carbocycles. The van der Waals surface area contributed by atoms with Crippen molar-refractivity contribution in [3.05, 3.63) is 60.1 Å². The highest BCUT2D eigenvalue weighted by molar-refractivity contribution is 7.84. The molecule has 0 N–H and O–H groups in total. The van der Waals surface area contributed by atoms with Gasteiger partial charge in [-0.2, -0.15) is 0 Å². The van der Waals surface area contributed by atoms with Gasteiger partial charge in [0.2, 0.25) is 5.89 Å². The lowest BCUT2D eigenvalue weighted by atomic mass is 10.2. The Balaban J connectivity index is 1.78. The van der Waals surface area contributed by atoms with E-state index in [-0.39, 0.29) is 11.6 Å². The fourth-order valence-electron chi connectivity index (χ4n) is 1.92. The first-order valence-electron chi connectivity index (χ1n) is 6.26. The maximum Gasteiger partial charge on any atom is 0.226 e. The summed E-state index contributed by atoms with van der Waals surface area (Å²) in [5, 5.41) is 0. The second-order valence-electron chi connectivity index (χ2n) is 4.48. The van der Waals surface area contributed by atoms with Gasteiger partial charge in [0.05, 0.1) is 33.4 Å². The number of halogens is 1. The average Bonchev–Trinajstić information content (AvgIpc) is 3.09. The van der Waals surface area contributed by atoms with Crippen LogP contribution in [0.2, 0.25) is 0 Å². The molecule has 6 heteroatoms. The molecule has 2 heterocycles. The third-order valence-corrected chi connectivity index (χ3v) is 4.45. The highest BCUT2D eigenvalue weighted by Gasteiger charge is 2.14. The van der Waals surface area contributed by atoms with Crippen molar-refractivity contribution in [2.24, 2.45) is 0 Å². The Hall–Kier alpha value is -2.21. The smallest absolute Gasteiger partial charge is 0.226 e. The zero-order valence-corrected chi connectivity index (χ0v) is 12.0. The maximum absolute atomic E-state index is 12.9. The van der Waals surface area contributed by atoms with Crippen LogP contribution in [0.3, 0.4) is 0 Å². The highest BCUT2D eigenvalue weighted by atomic mass is 32.2. The number of hydrogen-bond acceptors (Lipinski definition) is 4. The fraction of sp³-hybridized carbons (Fsp3) is 0.133. The molecule has 3 aromatic rings. The SMILES string of the molecule is Cc1occc1[S@@](=O)Cc1coc(-c2ccc(F)cc2)n1. The molecule has 108 valence electrons. The first-order chi connectivity index (χ1) is 10.1. The van der Waals surface area contributed by atoms with E-state index < -0.39 is 10.8 Å². The van der Waals surface area contributed by atoms with Crippen molar-refractivity contribution in [1.29, 1.82) is 0 Å². The van der Waals surface area contributed by atoms with Crippen LogP contribution in [0.4, 0.5) is 4.39 Å². The lowest BCUT2D eigenvalue weighted by Crippen LogP contribution is -1.97. The summed E-state index contributed by atoms with van der Waals surface area (Å²) in [5.74, 6) is 0.939. The Kier molecular flexibility index (Phi) is 3.70. The van der Waals surface area contributed by atoms with Crippen molar-refractivity contribution in [2.75, 3.05) is 0 Å². The summed E-state index contributed by atoms with van der Waals surface area (Å²) < 4.78 is 35.6. The predicted molar refractivity (Wildman–Crippen MR) is 75.5 cm³/mol. The van der Waals surface area contributed by atoms with Gasteiger partial charge in [-0.05, 0) is 37.3 Å². The number of hydrogen-bond donors (Lipinski definition) is 0. The Morgan fingerprint density at radius 1 is 1.19 bits per heavy atom. The minimum Gasteiger partial charge on any atom is -0.468 e. The summed E-state index contributed by atoms with van der Waals surface area (Å²) in [4.78, 5) is 4.93. The molecule has 3 rings (SSSR count). The highest BCUT2D eigenvalue weighted by Crippen LogP contribution is 2.21. The Bertz CT molecular complexity index is 776. The molecule has 1 atom stereocenters. The molecule has 0 radical (unpaired) electrons. The summed E-state index contributed by atoms with van der Waals surface area (Å²) in [6.45, 7) is 1.76. The number of aryl methyl sites for hydroxylation is 1. The van der Waals surface area contributed by atoms with Crippen LogP contribution in [0.5, 0.6) is 0 Å². The molecule has 0 aliphatic heterocycles. The van der Waals surface area contributed by atoms with Gasteiger partial charge in [-0.15, -0.1) is 0 Å². The average molecular weight is 305 g/mol. The summed E-state index contributed by atoms with van der Waals surface area (Å²) in [6.07, 6.45) is 2.97. The van der Waals surface area contributed by atoms with E-state index in [1.807, 2.05) is 0 Å². The number of benzene rings is 1. The minimum atomic E-state index is -1.24. The molecule has 2 aromatic heterocycles. The number of aromatic nitrogens is 1. The predicted octanol–water partition coefficient (Wildman–Crippen LogP) is 3.69. The van der Waals surface area contributed by atoms with Gasteiger partial charge < -0.3 is 8.83 Å². The van der Waals surface area contributed by atoms with Crippen LogP contribution in [0.25, 0.3) is 11.5 Å². The van der Waals surface area contributed by atoms with E-state index in [2.05, 4.69) is 4.98 Å². The Morgan fingerprint density at radius 2 is 1.95 bits per heavy atom. The zero-order chi connectivity index (χ0) is 14.8. The van der Waals surface area contributed by atoms with E-state index in [1.54, 1.807) is 25.1 Å². The summed E-state index contributed by atoms with van der Waals surface area (Å²) in [7, 11) is -1.24. The van der Waals surface area contributed by atoms with Crippen molar-refractivity contribution >= 4 is 10.8 Å². The van der Waals surface area contributed by atoms with Crippen molar-refractivity contribution in [3.63, 3.8) is 0 Å². The van der Waals surface area contributed by atoms with E-state index >= 15 is 0 Å². The molecule has 0 bridgehead atoms. The van der Waals surface area contributed by atoms with Crippen LogP contribution >= 0.6 is 0 Å². The van der Waals surface area contributed by atoms with Gasteiger partial charge in [0.15, 0.2) is 0 Å². The molecule has 0 aliphatic rings. The van der Waals surface area contributed by atoms with E-state index in [0.29, 0.717) is 27.8 Å².